The Labute approximate surface area is 133 Å². The highest BCUT2D eigenvalue weighted by molar-refractivity contribution is 6.95. The summed E-state index contributed by atoms with van der Waals surface area (Å²) in [5.74, 6) is 0.508. The number of rotatable bonds is 4. The minimum atomic E-state index is 0.182. The van der Waals surface area contributed by atoms with Crippen molar-refractivity contribution in [3.8, 4) is 0 Å². The van der Waals surface area contributed by atoms with Crippen LogP contribution < -0.4 is 16.5 Å². The lowest BCUT2D eigenvalue weighted by Crippen LogP contribution is -2.53. The third-order valence-corrected chi connectivity index (χ3v) is 4.03. The zero-order chi connectivity index (χ0) is 15.4. The van der Waals surface area contributed by atoms with Crippen molar-refractivity contribution in [3.05, 3.63) is 84.6 Å². The molecule has 0 aliphatic carbocycles. The zero-order valence-corrected chi connectivity index (χ0v) is 13.1. The van der Waals surface area contributed by atoms with E-state index >= 15 is 0 Å². The van der Waals surface area contributed by atoms with Gasteiger partial charge in [0.2, 0.25) is 0 Å². The Morgan fingerprint density at radius 3 is 1.82 bits per heavy atom. The molecule has 0 N–H and O–H groups in total. The second-order valence-corrected chi connectivity index (χ2v) is 5.92. The van der Waals surface area contributed by atoms with Gasteiger partial charge in [0.1, 0.15) is 0 Å². The maximum Gasteiger partial charge on any atom is 0.265 e. The predicted octanol–water partition coefficient (Wildman–Crippen LogP) is 2.72. The van der Waals surface area contributed by atoms with E-state index in [1.807, 2.05) is 6.20 Å². The summed E-state index contributed by atoms with van der Waals surface area (Å²) in [6.07, 6.45) is 1.93. The lowest BCUT2D eigenvalue weighted by molar-refractivity contribution is 0.865. The van der Waals surface area contributed by atoms with Crippen LogP contribution >= 0.6 is 0 Å². The van der Waals surface area contributed by atoms with Gasteiger partial charge < -0.3 is 0 Å². The van der Waals surface area contributed by atoms with E-state index in [4.69, 9.17) is 0 Å². The highest BCUT2D eigenvalue weighted by atomic mass is 14.6. The van der Waals surface area contributed by atoms with E-state index in [0.29, 0.717) is 5.92 Å². The maximum absolute atomic E-state index is 4.67. The first-order valence-electron chi connectivity index (χ1n) is 7.81. The quantitative estimate of drug-likeness (QED) is 0.672. The van der Waals surface area contributed by atoms with Crippen molar-refractivity contribution >= 4 is 23.2 Å². The van der Waals surface area contributed by atoms with Gasteiger partial charge in [0, 0.05) is 11.8 Å². The van der Waals surface area contributed by atoms with Gasteiger partial charge in [-0.2, -0.15) is 0 Å². The monoisotopic (exact) mass is 285 g/mol. The highest BCUT2D eigenvalue weighted by Gasteiger charge is 2.23. The van der Waals surface area contributed by atoms with Crippen LogP contribution in [0, 0.1) is 0 Å². The molecule has 0 saturated heterocycles. The topological polar surface area (TPSA) is 12.9 Å². The van der Waals surface area contributed by atoms with E-state index in [9.17, 15) is 0 Å². The van der Waals surface area contributed by atoms with Crippen molar-refractivity contribution in [2.45, 2.75) is 19.8 Å². The van der Waals surface area contributed by atoms with Gasteiger partial charge in [-0.05, 0) is 23.6 Å². The summed E-state index contributed by atoms with van der Waals surface area (Å²) in [6.45, 7) is 4.62. The van der Waals surface area contributed by atoms with Gasteiger partial charge >= 0.3 is 0 Å². The molecule has 0 aliphatic heterocycles. The molecule has 0 fully saturated rings. The molecular weight excluding hydrogens is 265 g/mol. The molecule has 2 heteroatoms. The molecule has 0 atom stereocenters. The largest absolute Gasteiger partial charge is 0.270 e. The summed E-state index contributed by atoms with van der Waals surface area (Å²) in [5, 5.41) is 0. The second-order valence-electron chi connectivity index (χ2n) is 5.92. The van der Waals surface area contributed by atoms with E-state index in [0.717, 1.165) is 5.59 Å². The third kappa shape index (κ3) is 3.11. The molecule has 3 aromatic rings. The smallest absolute Gasteiger partial charge is 0.265 e. The van der Waals surface area contributed by atoms with Crippen LogP contribution in [-0.2, 0) is 0 Å². The fourth-order valence-electron chi connectivity index (χ4n) is 2.81. The summed E-state index contributed by atoms with van der Waals surface area (Å²) in [4.78, 5) is 4.67. The summed E-state index contributed by atoms with van der Waals surface area (Å²) in [5.41, 5.74) is 5.01. The molecule has 0 aliphatic rings. The maximum atomic E-state index is 4.67. The highest BCUT2D eigenvalue weighted by Crippen LogP contribution is 2.11. The van der Waals surface area contributed by atoms with Crippen LogP contribution in [0.3, 0.4) is 0 Å². The first kappa shape index (κ1) is 14.6. The Balaban J connectivity index is 2.12. The van der Waals surface area contributed by atoms with E-state index in [1.54, 1.807) is 0 Å². The van der Waals surface area contributed by atoms with Crippen LogP contribution in [0.25, 0.3) is 0 Å². The molecule has 0 saturated carbocycles. The van der Waals surface area contributed by atoms with Gasteiger partial charge in [-0.15, -0.1) is 0 Å². The molecule has 1 heterocycles. The van der Waals surface area contributed by atoms with E-state index in [-0.39, 0.29) is 6.71 Å². The standard InChI is InChI=1S/C20H20BN/c1-16(2)17-13-14-22-20(15-17)21(18-9-5-3-6-10-18)19-11-7-4-8-12-19/h3-16H,1-2H3. The summed E-state index contributed by atoms with van der Waals surface area (Å²) in [6, 6.07) is 25.6. The van der Waals surface area contributed by atoms with Gasteiger partial charge in [-0.1, -0.05) is 85.4 Å². The minimum Gasteiger partial charge on any atom is -0.270 e. The lowest BCUT2D eigenvalue weighted by Gasteiger charge is -2.16. The van der Waals surface area contributed by atoms with Crippen molar-refractivity contribution in [1.29, 1.82) is 0 Å². The Hall–Kier alpha value is -2.35. The van der Waals surface area contributed by atoms with Gasteiger partial charge in [0.25, 0.3) is 6.71 Å². The molecule has 3 rings (SSSR count). The lowest BCUT2D eigenvalue weighted by atomic mass is 9.38. The Kier molecular flexibility index (Phi) is 4.38. The van der Waals surface area contributed by atoms with Crippen LogP contribution in [0.2, 0.25) is 0 Å². The Bertz CT molecular complexity index is 683. The normalized spacial score (nSPS) is 10.7. The summed E-state index contributed by atoms with van der Waals surface area (Å²) < 4.78 is 0. The molecular formula is C20H20BN. The molecule has 1 nitrogen and oxygen atoms in total. The molecule has 1 aromatic heterocycles. The van der Waals surface area contributed by atoms with Crippen LogP contribution in [-0.4, -0.2) is 11.7 Å². The van der Waals surface area contributed by atoms with Crippen LogP contribution in [0.15, 0.2) is 79.0 Å². The molecule has 0 unspecified atom stereocenters. The van der Waals surface area contributed by atoms with Crippen LogP contribution in [0.1, 0.15) is 25.3 Å². The summed E-state index contributed by atoms with van der Waals surface area (Å²) in [7, 11) is 0. The fourth-order valence-corrected chi connectivity index (χ4v) is 2.81. The van der Waals surface area contributed by atoms with E-state index < -0.39 is 0 Å². The molecule has 2 aromatic carbocycles. The Morgan fingerprint density at radius 1 is 0.773 bits per heavy atom. The van der Waals surface area contributed by atoms with Gasteiger partial charge in [0.05, 0.1) is 0 Å². The van der Waals surface area contributed by atoms with E-state index in [2.05, 4.69) is 91.6 Å². The average molecular weight is 285 g/mol. The van der Waals surface area contributed by atoms with Gasteiger partial charge in [0.15, 0.2) is 0 Å². The number of nitrogens with zero attached hydrogens (tertiary/aromatic N) is 1. The zero-order valence-electron chi connectivity index (χ0n) is 13.1. The molecule has 0 radical (unpaired) electrons. The first-order valence-corrected chi connectivity index (χ1v) is 7.81. The van der Waals surface area contributed by atoms with Crippen molar-refractivity contribution in [2.24, 2.45) is 0 Å². The number of benzene rings is 2. The van der Waals surface area contributed by atoms with Crippen molar-refractivity contribution in [2.75, 3.05) is 0 Å². The summed E-state index contributed by atoms with van der Waals surface area (Å²) >= 11 is 0. The first-order chi connectivity index (χ1) is 10.8. The molecule has 22 heavy (non-hydrogen) atoms. The molecule has 0 spiro atoms. The molecule has 0 amide bonds. The number of aromatic nitrogens is 1. The fraction of sp³-hybridized carbons (Fsp3) is 0.150. The van der Waals surface area contributed by atoms with Crippen molar-refractivity contribution in [1.82, 2.24) is 4.98 Å². The molecule has 0 bridgehead atoms. The van der Waals surface area contributed by atoms with Crippen LogP contribution in [0.5, 0.6) is 0 Å². The minimum absolute atomic E-state index is 0.182. The van der Waals surface area contributed by atoms with Crippen molar-refractivity contribution in [3.63, 3.8) is 0 Å². The predicted molar refractivity (Wildman–Crippen MR) is 95.9 cm³/mol. The number of pyridine rings is 1. The molecule has 108 valence electrons. The van der Waals surface area contributed by atoms with Crippen LogP contribution in [0.4, 0.5) is 0 Å². The second kappa shape index (κ2) is 6.61. The Morgan fingerprint density at radius 2 is 1.32 bits per heavy atom. The van der Waals surface area contributed by atoms with Gasteiger partial charge in [-0.3, -0.25) is 4.98 Å². The number of hydrogen-bond acceptors (Lipinski definition) is 1. The SMILES string of the molecule is CC(C)c1ccnc(B(c2ccccc2)c2ccccc2)c1. The van der Waals surface area contributed by atoms with E-state index in [1.165, 1.54) is 16.5 Å². The number of hydrogen-bond donors (Lipinski definition) is 0. The van der Waals surface area contributed by atoms with Gasteiger partial charge in [-0.25, -0.2) is 0 Å². The average Bonchev–Trinajstić information content (AvgIpc) is 2.57. The van der Waals surface area contributed by atoms with Crippen molar-refractivity contribution < 1.29 is 0 Å². The third-order valence-electron chi connectivity index (χ3n) is 4.03.